The zero-order valence-electron chi connectivity index (χ0n) is 18.5. The van der Waals surface area contributed by atoms with E-state index in [0.29, 0.717) is 21.8 Å². The van der Waals surface area contributed by atoms with Crippen molar-refractivity contribution in [3.05, 3.63) is 81.9 Å². The third kappa shape index (κ3) is 3.92. The lowest BCUT2D eigenvalue weighted by Crippen LogP contribution is -2.37. The van der Waals surface area contributed by atoms with Gasteiger partial charge in [0.2, 0.25) is 0 Å². The van der Waals surface area contributed by atoms with Gasteiger partial charge in [0.15, 0.2) is 0 Å². The molecule has 0 atom stereocenters. The van der Waals surface area contributed by atoms with E-state index >= 15 is 0 Å². The first kappa shape index (κ1) is 21.2. The standard InChI is InChI=1S/C26H23ClN4O3/c27-18-3-1-17(2-4-18)25-16-21-24(34-25)8-10-31(26(21)32)19-5-6-22-20(15-19)23(29-28-22)7-9-30-11-13-33-14-12-30/h1-6,8,10,15-16H,7,9,11-14H2,(H,28,29). The van der Waals surface area contributed by atoms with Crippen LogP contribution in [0.1, 0.15) is 5.69 Å². The maximum atomic E-state index is 13.4. The number of aromatic amines is 1. The highest BCUT2D eigenvalue weighted by atomic mass is 35.5. The molecular formula is C26H23ClN4O3. The fourth-order valence-corrected chi connectivity index (χ4v) is 4.61. The van der Waals surface area contributed by atoms with Gasteiger partial charge in [0.1, 0.15) is 11.3 Å². The Morgan fingerprint density at radius 2 is 1.82 bits per heavy atom. The Balaban J connectivity index is 1.33. The number of nitrogens with one attached hydrogen (secondary N) is 1. The molecule has 0 aliphatic carbocycles. The lowest BCUT2D eigenvalue weighted by atomic mass is 10.1. The molecule has 0 amide bonds. The summed E-state index contributed by atoms with van der Waals surface area (Å²) in [5.74, 6) is 0.636. The summed E-state index contributed by atoms with van der Waals surface area (Å²) >= 11 is 6.00. The van der Waals surface area contributed by atoms with Gasteiger partial charge in [-0.2, -0.15) is 5.10 Å². The molecule has 3 aromatic heterocycles. The lowest BCUT2D eigenvalue weighted by molar-refractivity contribution is 0.0384. The largest absolute Gasteiger partial charge is 0.456 e. The van der Waals surface area contributed by atoms with Gasteiger partial charge in [-0.15, -0.1) is 0 Å². The van der Waals surface area contributed by atoms with Crippen LogP contribution in [0.3, 0.4) is 0 Å². The van der Waals surface area contributed by atoms with Crippen LogP contribution in [0.2, 0.25) is 5.02 Å². The molecule has 4 heterocycles. The maximum Gasteiger partial charge on any atom is 0.266 e. The van der Waals surface area contributed by atoms with Crippen molar-refractivity contribution in [3.8, 4) is 17.0 Å². The van der Waals surface area contributed by atoms with Gasteiger partial charge < -0.3 is 9.15 Å². The molecule has 7 nitrogen and oxygen atoms in total. The zero-order chi connectivity index (χ0) is 23.1. The molecule has 1 N–H and O–H groups in total. The second-order valence-electron chi connectivity index (χ2n) is 8.49. The van der Waals surface area contributed by atoms with Crippen molar-refractivity contribution in [2.24, 2.45) is 0 Å². The van der Waals surface area contributed by atoms with E-state index in [4.69, 9.17) is 20.8 Å². The van der Waals surface area contributed by atoms with Crippen molar-refractivity contribution in [1.29, 1.82) is 0 Å². The summed E-state index contributed by atoms with van der Waals surface area (Å²) in [5, 5.41) is 9.88. The van der Waals surface area contributed by atoms with E-state index in [-0.39, 0.29) is 5.56 Å². The Kier molecular flexibility index (Phi) is 5.45. The summed E-state index contributed by atoms with van der Waals surface area (Å²) in [6.07, 6.45) is 2.60. The van der Waals surface area contributed by atoms with Crippen LogP contribution in [0.5, 0.6) is 0 Å². The molecule has 2 aromatic carbocycles. The van der Waals surface area contributed by atoms with Crippen LogP contribution in [0.15, 0.2) is 70.0 Å². The minimum absolute atomic E-state index is 0.126. The van der Waals surface area contributed by atoms with Gasteiger partial charge in [0.05, 0.1) is 29.8 Å². The normalized spacial score (nSPS) is 14.9. The molecule has 0 radical (unpaired) electrons. The number of halogens is 1. The number of fused-ring (bicyclic) bond motifs is 2. The first-order chi connectivity index (χ1) is 16.7. The number of furan rings is 1. The average molecular weight is 475 g/mol. The second kappa shape index (κ2) is 8.76. The number of H-pyrrole nitrogens is 1. The number of benzene rings is 2. The first-order valence-electron chi connectivity index (χ1n) is 11.3. The zero-order valence-corrected chi connectivity index (χ0v) is 19.2. The monoisotopic (exact) mass is 474 g/mol. The Morgan fingerprint density at radius 3 is 2.65 bits per heavy atom. The van der Waals surface area contributed by atoms with E-state index in [1.54, 1.807) is 29.0 Å². The number of ether oxygens (including phenoxy) is 1. The molecule has 6 rings (SSSR count). The minimum atomic E-state index is -0.126. The molecule has 1 saturated heterocycles. The summed E-state index contributed by atoms with van der Waals surface area (Å²) in [6.45, 7) is 4.40. The van der Waals surface area contributed by atoms with Crippen LogP contribution < -0.4 is 5.56 Å². The first-order valence-corrected chi connectivity index (χ1v) is 11.7. The van der Waals surface area contributed by atoms with Crippen LogP contribution in [-0.2, 0) is 11.2 Å². The van der Waals surface area contributed by atoms with E-state index in [1.165, 1.54) is 0 Å². The van der Waals surface area contributed by atoms with Crippen molar-refractivity contribution in [3.63, 3.8) is 0 Å². The smallest absolute Gasteiger partial charge is 0.266 e. The summed E-state index contributed by atoms with van der Waals surface area (Å²) in [4.78, 5) is 15.8. The molecule has 5 aromatic rings. The average Bonchev–Trinajstić information content (AvgIpc) is 3.48. The quantitative estimate of drug-likeness (QED) is 0.401. The fourth-order valence-electron chi connectivity index (χ4n) is 4.48. The Labute approximate surface area is 200 Å². The van der Waals surface area contributed by atoms with Crippen molar-refractivity contribution in [2.75, 3.05) is 32.8 Å². The molecule has 1 aliphatic heterocycles. The molecule has 8 heteroatoms. The molecule has 0 saturated carbocycles. The third-order valence-electron chi connectivity index (χ3n) is 6.39. The lowest BCUT2D eigenvalue weighted by Gasteiger charge is -2.26. The van der Waals surface area contributed by atoms with E-state index in [2.05, 4.69) is 15.1 Å². The highest BCUT2D eigenvalue weighted by Crippen LogP contribution is 2.28. The van der Waals surface area contributed by atoms with Crippen LogP contribution >= 0.6 is 11.6 Å². The molecule has 1 fully saturated rings. The van der Waals surface area contributed by atoms with Crippen molar-refractivity contribution < 1.29 is 9.15 Å². The predicted molar refractivity (Wildman–Crippen MR) is 133 cm³/mol. The molecular weight excluding hydrogens is 452 g/mol. The maximum absolute atomic E-state index is 13.4. The molecule has 0 bridgehead atoms. The van der Waals surface area contributed by atoms with Gasteiger partial charge in [-0.1, -0.05) is 11.6 Å². The molecule has 172 valence electrons. The fraction of sp³-hybridized carbons (Fsp3) is 0.231. The Morgan fingerprint density at radius 1 is 1.00 bits per heavy atom. The van der Waals surface area contributed by atoms with Gasteiger partial charge in [-0.25, -0.2) is 0 Å². The van der Waals surface area contributed by atoms with E-state index in [0.717, 1.165) is 67.1 Å². The van der Waals surface area contributed by atoms with Crippen molar-refractivity contribution in [2.45, 2.75) is 6.42 Å². The molecule has 0 spiro atoms. The van der Waals surface area contributed by atoms with Gasteiger partial charge in [0, 0.05) is 53.9 Å². The number of hydrogen-bond acceptors (Lipinski definition) is 5. The predicted octanol–water partition coefficient (Wildman–Crippen LogP) is 4.66. The van der Waals surface area contributed by atoms with Gasteiger partial charge in [-0.05, 0) is 54.6 Å². The van der Waals surface area contributed by atoms with E-state index in [1.807, 2.05) is 36.4 Å². The van der Waals surface area contributed by atoms with Crippen LogP contribution in [0.4, 0.5) is 0 Å². The van der Waals surface area contributed by atoms with Crippen molar-refractivity contribution in [1.82, 2.24) is 19.7 Å². The van der Waals surface area contributed by atoms with Gasteiger partial charge in [-0.3, -0.25) is 19.4 Å². The second-order valence-corrected chi connectivity index (χ2v) is 8.93. The SMILES string of the molecule is O=c1c2cc(-c3ccc(Cl)cc3)oc2ccn1-c1ccc2[nH]nc(CCN3CCOCC3)c2c1. The highest BCUT2D eigenvalue weighted by molar-refractivity contribution is 6.30. The number of hydrogen-bond donors (Lipinski definition) is 1. The molecule has 0 unspecified atom stereocenters. The number of rotatable bonds is 5. The summed E-state index contributed by atoms with van der Waals surface area (Å²) in [7, 11) is 0. The van der Waals surface area contributed by atoms with Crippen LogP contribution in [0, 0.1) is 0 Å². The minimum Gasteiger partial charge on any atom is -0.456 e. The van der Waals surface area contributed by atoms with Crippen LogP contribution in [0.25, 0.3) is 38.9 Å². The van der Waals surface area contributed by atoms with Gasteiger partial charge >= 0.3 is 0 Å². The van der Waals surface area contributed by atoms with Gasteiger partial charge in [0.25, 0.3) is 5.56 Å². The number of aromatic nitrogens is 3. The highest BCUT2D eigenvalue weighted by Gasteiger charge is 2.15. The van der Waals surface area contributed by atoms with Crippen molar-refractivity contribution >= 4 is 33.5 Å². The number of morpholine rings is 1. The third-order valence-corrected chi connectivity index (χ3v) is 6.64. The molecule has 34 heavy (non-hydrogen) atoms. The Hall–Kier alpha value is -3.39. The number of pyridine rings is 1. The van der Waals surface area contributed by atoms with E-state index in [9.17, 15) is 4.79 Å². The van der Waals surface area contributed by atoms with E-state index < -0.39 is 0 Å². The topological polar surface area (TPSA) is 76.3 Å². The number of nitrogens with zero attached hydrogens (tertiary/aromatic N) is 3. The molecule has 1 aliphatic rings. The summed E-state index contributed by atoms with van der Waals surface area (Å²) in [5.41, 5.74) is 4.06. The van der Waals surface area contributed by atoms with Crippen LogP contribution in [-0.4, -0.2) is 52.5 Å². The summed E-state index contributed by atoms with van der Waals surface area (Å²) in [6, 6.07) is 16.9. The summed E-state index contributed by atoms with van der Waals surface area (Å²) < 4.78 is 13.0. The Bertz CT molecular complexity index is 1530.